The predicted molar refractivity (Wildman–Crippen MR) is 102 cm³/mol. The average molecular weight is 361 g/mol. The molecule has 1 aliphatic heterocycles. The van der Waals surface area contributed by atoms with E-state index in [9.17, 15) is 9.59 Å². The Morgan fingerprint density at radius 3 is 2.73 bits per heavy atom. The summed E-state index contributed by atoms with van der Waals surface area (Å²) in [5.74, 6) is 0.973. The molecule has 0 saturated carbocycles. The van der Waals surface area contributed by atoms with Crippen LogP contribution in [0.1, 0.15) is 32.6 Å². The number of benzene rings is 1. The second-order valence-corrected chi connectivity index (χ2v) is 6.98. The molecule has 2 amide bonds. The van der Waals surface area contributed by atoms with Crippen LogP contribution in [0.5, 0.6) is 5.75 Å². The number of hydrogen-bond acceptors (Lipinski definition) is 4. The van der Waals surface area contributed by atoms with Crippen LogP contribution in [-0.4, -0.2) is 56.0 Å². The fraction of sp³-hybridized carbons (Fsp3) is 0.600. The van der Waals surface area contributed by atoms with Gasteiger partial charge in [0.1, 0.15) is 5.75 Å². The second kappa shape index (κ2) is 11.5. The zero-order valence-corrected chi connectivity index (χ0v) is 15.7. The highest BCUT2D eigenvalue weighted by Crippen LogP contribution is 2.15. The summed E-state index contributed by atoms with van der Waals surface area (Å²) in [6, 6.07) is 9.12. The molecule has 6 heteroatoms. The van der Waals surface area contributed by atoms with Crippen molar-refractivity contribution in [2.24, 2.45) is 5.92 Å². The summed E-state index contributed by atoms with van der Waals surface area (Å²) in [5, 5.41) is 5.41. The SMILES string of the molecule is CC1CCCN(CCCCNC(=O)CNC(=O)COc2ccccc2)C1. The summed E-state index contributed by atoms with van der Waals surface area (Å²) in [6.45, 7) is 6.36. The number of para-hydroxylation sites is 1. The first kappa shape index (κ1) is 20.2. The quantitative estimate of drug-likeness (QED) is 0.624. The van der Waals surface area contributed by atoms with Gasteiger partial charge < -0.3 is 20.3 Å². The van der Waals surface area contributed by atoms with Gasteiger partial charge in [-0.25, -0.2) is 0 Å². The monoisotopic (exact) mass is 361 g/mol. The van der Waals surface area contributed by atoms with E-state index in [0.29, 0.717) is 12.3 Å². The molecule has 26 heavy (non-hydrogen) atoms. The number of likely N-dealkylation sites (tertiary alicyclic amines) is 1. The van der Waals surface area contributed by atoms with Gasteiger partial charge in [-0.15, -0.1) is 0 Å². The van der Waals surface area contributed by atoms with Crippen molar-refractivity contribution in [2.45, 2.75) is 32.6 Å². The minimum atomic E-state index is -0.303. The molecule has 1 heterocycles. The smallest absolute Gasteiger partial charge is 0.258 e. The first-order valence-corrected chi connectivity index (χ1v) is 9.57. The molecular formula is C20H31N3O3. The zero-order valence-electron chi connectivity index (χ0n) is 15.7. The summed E-state index contributed by atoms with van der Waals surface area (Å²) >= 11 is 0. The van der Waals surface area contributed by atoms with Crippen molar-refractivity contribution < 1.29 is 14.3 Å². The standard InChI is InChI=1S/C20H31N3O3/c1-17-8-7-13-23(15-17)12-6-5-11-21-19(24)14-22-20(25)16-26-18-9-3-2-4-10-18/h2-4,9-10,17H,5-8,11-16H2,1H3,(H,21,24)(H,22,25). The second-order valence-electron chi connectivity index (χ2n) is 6.98. The fourth-order valence-electron chi connectivity index (χ4n) is 3.14. The Bertz CT molecular complexity index is 550. The number of piperidine rings is 1. The van der Waals surface area contributed by atoms with Crippen LogP contribution in [0.3, 0.4) is 0 Å². The van der Waals surface area contributed by atoms with Gasteiger partial charge in [0, 0.05) is 13.1 Å². The maximum Gasteiger partial charge on any atom is 0.258 e. The third kappa shape index (κ3) is 8.34. The van der Waals surface area contributed by atoms with E-state index in [0.717, 1.165) is 25.3 Å². The van der Waals surface area contributed by atoms with Crippen LogP contribution in [0, 0.1) is 5.92 Å². The van der Waals surface area contributed by atoms with Gasteiger partial charge in [0.2, 0.25) is 5.91 Å². The van der Waals surface area contributed by atoms with E-state index in [2.05, 4.69) is 22.5 Å². The molecule has 0 spiro atoms. The fourth-order valence-corrected chi connectivity index (χ4v) is 3.14. The van der Waals surface area contributed by atoms with Gasteiger partial charge in [-0.3, -0.25) is 9.59 Å². The van der Waals surface area contributed by atoms with Gasteiger partial charge in [-0.2, -0.15) is 0 Å². The molecule has 0 bridgehead atoms. The van der Waals surface area contributed by atoms with Crippen LogP contribution in [0.2, 0.25) is 0 Å². The molecule has 6 nitrogen and oxygen atoms in total. The highest BCUT2D eigenvalue weighted by molar-refractivity contribution is 5.85. The normalized spacial score (nSPS) is 17.5. The van der Waals surface area contributed by atoms with E-state index in [1.165, 1.54) is 25.9 Å². The Morgan fingerprint density at radius 2 is 1.96 bits per heavy atom. The molecule has 2 rings (SSSR count). The maximum absolute atomic E-state index is 11.8. The number of unbranched alkanes of at least 4 members (excludes halogenated alkanes) is 1. The summed E-state index contributed by atoms with van der Waals surface area (Å²) in [6.07, 6.45) is 4.69. The van der Waals surface area contributed by atoms with Crippen molar-refractivity contribution in [3.05, 3.63) is 30.3 Å². The van der Waals surface area contributed by atoms with Gasteiger partial charge in [-0.05, 0) is 56.8 Å². The lowest BCUT2D eigenvalue weighted by atomic mass is 10.0. The molecule has 1 aromatic rings. The molecule has 2 N–H and O–H groups in total. The summed E-state index contributed by atoms with van der Waals surface area (Å²) < 4.78 is 5.33. The minimum absolute atomic E-state index is 0.0133. The number of rotatable bonds is 10. The summed E-state index contributed by atoms with van der Waals surface area (Å²) in [7, 11) is 0. The topological polar surface area (TPSA) is 70.7 Å². The molecule has 0 radical (unpaired) electrons. The summed E-state index contributed by atoms with van der Waals surface area (Å²) in [5.41, 5.74) is 0. The Kier molecular flexibility index (Phi) is 8.96. The molecule has 1 aromatic carbocycles. The molecular weight excluding hydrogens is 330 g/mol. The third-order valence-electron chi connectivity index (χ3n) is 4.52. The predicted octanol–water partition coefficient (Wildman–Crippen LogP) is 1.81. The Labute approximate surface area is 156 Å². The highest BCUT2D eigenvalue weighted by atomic mass is 16.5. The van der Waals surface area contributed by atoms with Crippen LogP contribution < -0.4 is 15.4 Å². The highest BCUT2D eigenvalue weighted by Gasteiger charge is 2.15. The van der Waals surface area contributed by atoms with Gasteiger partial charge >= 0.3 is 0 Å². The van der Waals surface area contributed by atoms with Crippen molar-refractivity contribution in [2.75, 3.05) is 39.3 Å². The summed E-state index contributed by atoms with van der Waals surface area (Å²) in [4.78, 5) is 25.9. The van der Waals surface area contributed by atoms with Crippen molar-refractivity contribution in [1.29, 1.82) is 0 Å². The first-order chi connectivity index (χ1) is 12.6. The van der Waals surface area contributed by atoms with E-state index in [4.69, 9.17) is 4.74 Å². The van der Waals surface area contributed by atoms with E-state index >= 15 is 0 Å². The Hall–Kier alpha value is -2.08. The molecule has 1 saturated heterocycles. The minimum Gasteiger partial charge on any atom is -0.484 e. The van der Waals surface area contributed by atoms with E-state index in [1.807, 2.05) is 18.2 Å². The molecule has 1 atom stereocenters. The van der Waals surface area contributed by atoms with E-state index < -0.39 is 0 Å². The van der Waals surface area contributed by atoms with Crippen molar-refractivity contribution in [3.8, 4) is 5.75 Å². The number of ether oxygens (including phenoxy) is 1. The molecule has 1 aliphatic rings. The number of carbonyl (C=O) groups is 2. The molecule has 0 aliphatic carbocycles. The van der Waals surface area contributed by atoms with E-state index in [-0.39, 0.29) is 25.0 Å². The van der Waals surface area contributed by atoms with Crippen molar-refractivity contribution >= 4 is 11.8 Å². The van der Waals surface area contributed by atoms with Crippen LogP contribution in [0.25, 0.3) is 0 Å². The zero-order chi connectivity index (χ0) is 18.6. The molecule has 144 valence electrons. The average Bonchev–Trinajstić information content (AvgIpc) is 2.65. The molecule has 1 unspecified atom stereocenters. The van der Waals surface area contributed by atoms with Gasteiger partial charge in [0.25, 0.3) is 5.91 Å². The lowest BCUT2D eigenvalue weighted by Crippen LogP contribution is -2.39. The Morgan fingerprint density at radius 1 is 1.15 bits per heavy atom. The lowest BCUT2D eigenvalue weighted by molar-refractivity contribution is -0.127. The number of nitrogens with one attached hydrogen (secondary N) is 2. The largest absolute Gasteiger partial charge is 0.484 e. The van der Waals surface area contributed by atoms with Crippen LogP contribution in [0.4, 0.5) is 0 Å². The number of nitrogens with zero attached hydrogens (tertiary/aromatic N) is 1. The first-order valence-electron chi connectivity index (χ1n) is 9.57. The van der Waals surface area contributed by atoms with Gasteiger partial charge in [0.05, 0.1) is 6.54 Å². The maximum atomic E-state index is 11.8. The number of amides is 2. The van der Waals surface area contributed by atoms with E-state index in [1.54, 1.807) is 12.1 Å². The van der Waals surface area contributed by atoms with Crippen LogP contribution in [-0.2, 0) is 9.59 Å². The van der Waals surface area contributed by atoms with Gasteiger partial charge in [-0.1, -0.05) is 25.1 Å². The van der Waals surface area contributed by atoms with Crippen LogP contribution >= 0.6 is 0 Å². The van der Waals surface area contributed by atoms with Crippen molar-refractivity contribution in [3.63, 3.8) is 0 Å². The molecule has 1 fully saturated rings. The molecule has 0 aromatic heterocycles. The van der Waals surface area contributed by atoms with Crippen molar-refractivity contribution in [1.82, 2.24) is 15.5 Å². The van der Waals surface area contributed by atoms with Crippen LogP contribution in [0.15, 0.2) is 30.3 Å². The van der Waals surface area contributed by atoms with Gasteiger partial charge in [0.15, 0.2) is 6.61 Å². The Balaban J connectivity index is 1.46. The lowest BCUT2D eigenvalue weighted by Gasteiger charge is -2.30. The third-order valence-corrected chi connectivity index (χ3v) is 4.52. The number of carbonyl (C=O) groups excluding carboxylic acids is 2. The number of hydrogen-bond donors (Lipinski definition) is 2.